The van der Waals surface area contributed by atoms with Crippen LogP contribution >= 0.6 is 0 Å². The average Bonchev–Trinajstić information content (AvgIpc) is 2.98. The topological polar surface area (TPSA) is 133 Å². The Bertz CT molecular complexity index is 1180. The van der Waals surface area contributed by atoms with Crippen molar-refractivity contribution in [2.45, 2.75) is 30.4 Å². The van der Waals surface area contributed by atoms with Crippen molar-refractivity contribution >= 4 is 21.6 Å². The Hall–Kier alpha value is -3.13. The molecule has 1 aliphatic heterocycles. The minimum absolute atomic E-state index is 0.0140. The van der Waals surface area contributed by atoms with Crippen LogP contribution in [0.2, 0.25) is 0 Å². The molecule has 1 aromatic heterocycles. The third kappa shape index (κ3) is 3.59. The van der Waals surface area contributed by atoms with E-state index in [9.17, 15) is 23.6 Å². The van der Waals surface area contributed by atoms with Crippen molar-refractivity contribution in [3.63, 3.8) is 0 Å². The fraction of sp³-hybridized carbons (Fsp3) is 0.300. The van der Waals surface area contributed by atoms with Crippen molar-refractivity contribution < 1.29 is 23.1 Å². The number of aliphatic hydroxyl groups excluding tert-OH is 1. The van der Waals surface area contributed by atoms with Gasteiger partial charge in [-0.05, 0) is 31.5 Å². The predicted octanol–water partition coefficient (Wildman–Crippen LogP) is 1.43. The number of aliphatic hydroxyl groups is 1. The molecule has 0 bridgehead atoms. The van der Waals surface area contributed by atoms with Gasteiger partial charge in [-0.2, -0.15) is 9.98 Å². The van der Waals surface area contributed by atoms with E-state index in [0.29, 0.717) is 11.3 Å². The highest BCUT2D eigenvalue weighted by molar-refractivity contribution is 7.89. The first-order valence-electron chi connectivity index (χ1n) is 9.04. The first-order valence-corrected chi connectivity index (χ1v) is 10.5. The number of aromatic nitrogens is 1. The molecule has 0 aliphatic carbocycles. The number of rotatable bonds is 4. The molecule has 0 saturated carbocycles. The first kappa shape index (κ1) is 21.6. The summed E-state index contributed by atoms with van der Waals surface area (Å²) in [6.07, 6.45) is 1.41. The summed E-state index contributed by atoms with van der Waals surface area (Å²) < 4.78 is 35.3. The predicted molar refractivity (Wildman–Crippen MR) is 110 cm³/mol. The van der Waals surface area contributed by atoms with Crippen molar-refractivity contribution in [3.05, 3.63) is 53.9 Å². The van der Waals surface area contributed by atoms with Gasteiger partial charge in [0.15, 0.2) is 11.4 Å². The number of nitriles is 1. The van der Waals surface area contributed by atoms with Gasteiger partial charge in [0.1, 0.15) is 17.0 Å². The molecule has 0 unspecified atom stereocenters. The van der Waals surface area contributed by atoms with Crippen LogP contribution in [0.5, 0.6) is 5.75 Å². The molecular formula is C20H22N4O5S. The zero-order valence-electron chi connectivity index (χ0n) is 16.8. The molecule has 2 aromatic rings. The largest absolute Gasteiger partial charge is 0.487 e. The van der Waals surface area contributed by atoms with Gasteiger partial charge in [0, 0.05) is 18.9 Å². The van der Waals surface area contributed by atoms with Gasteiger partial charge in [-0.1, -0.05) is 12.1 Å². The van der Waals surface area contributed by atoms with Crippen molar-refractivity contribution in [3.8, 4) is 11.8 Å². The minimum Gasteiger partial charge on any atom is -0.487 e. The van der Waals surface area contributed by atoms with Crippen LogP contribution in [0.1, 0.15) is 28.5 Å². The van der Waals surface area contributed by atoms with Gasteiger partial charge in [-0.25, -0.2) is 8.42 Å². The van der Waals surface area contributed by atoms with Crippen LogP contribution in [-0.4, -0.2) is 42.2 Å². The van der Waals surface area contributed by atoms with E-state index in [4.69, 9.17) is 4.74 Å². The first-order chi connectivity index (χ1) is 14.0. The SMILES string of the molecule is C=C[C@]1([C@H](C)O)COc2c(cn(C)c2C(=O)Nc2ccc(C)c(C#N)c2)S(=O)(=O)N1. The van der Waals surface area contributed by atoms with Gasteiger partial charge < -0.3 is 19.7 Å². The maximum atomic E-state index is 13.0. The van der Waals surface area contributed by atoms with Crippen LogP contribution in [0, 0.1) is 18.3 Å². The third-order valence-corrected chi connectivity index (χ3v) is 6.63. The molecule has 3 rings (SSSR count). The molecule has 0 spiro atoms. The molecule has 3 N–H and O–H groups in total. The highest BCUT2D eigenvalue weighted by atomic mass is 32.2. The normalized spacial score (nSPS) is 20.8. The highest BCUT2D eigenvalue weighted by Crippen LogP contribution is 2.35. The number of aryl methyl sites for hydroxylation is 2. The molecule has 9 nitrogen and oxygen atoms in total. The smallest absolute Gasteiger partial charge is 0.276 e. The Morgan fingerprint density at radius 2 is 2.23 bits per heavy atom. The number of fused-ring (bicyclic) bond motifs is 1. The fourth-order valence-electron chi connectivity index (χ4n) is 3.18. The number of hydrogen-bond acceptors (Lipinski definition) is 6. The lowest BCUT2D eigenvalue weighted by Crippen LogP contribution is -2.56. The van der Waals surface area contributed by atoms with Crippen LogP contribution in [0.4, 0.5) is 5.69 Å². The molecule has 0 fully saturated rings. The van der Waals surface area contributed by atoms with Crippen LogP contribution in [-0.2, 0) is 17.1 Å². The van der Waals surface area contributed by atoms with Crippen molar-refractivity contribution in [1.82, 2.24) is 9.29 Å². The number of anilines is 1. The molecule has 1 aromatic carbocycles. The lowest BCUT2D eigenvalue weighted by atomic mass is 9.96. The Kier molecular flexibility index (Phi) is 5.47. The monoisotopic (exact) mass is 430 g/mol. The van der Waals surface area contributed by atoms with Crippen LogP contribution < -0.4 is 14.8 Å². The van der Waals surface area contributed by atoms with E-state index in [1.807, 2.05) is 6.07 Å². The van der Waals surface area contributed by atoms with Crippen LogP contribution in [0.15, 0.2) is 41.9 Å². The van der Waals surface area contributed by atoms with E-state index in [0.717, 1.165) is 5.56 Å². The standard InChI is InChI=1S/C20H22N4O5S/c1-5-20(13(3)25)11-29-18-16(30(27,28)23-20)10-24(4)17(18)19(26)22-15-7-6-12(2)14(8-15)9-21/h5-8,10,13,23,25H,1,11H2,2-4H3,(H,22,26)/t13-,20+/m0/s1. The summed E-state index contributed by atoms with van der Waals surface area (Å²) >= 11 is 0. The maximum Gasteiger partial charge on any atom is 0.276 e. The number of sulfonamides is 1. The number of benzene rings is 1. The van der Waals surface area contributed by atoms with Gasteiger partial charge in [-0.3, -0.25) is 4.79 Å². The molecule has 0 radical (unpaired) electrons. The van der Waals surface area contributed by atoms with E-state index in [1.54, 1.807) is 19.1 Å². The Balaban J connectivity index is 2.03. The van der Waals surface area contributed by atoms with Gasteiger partial charge >= 0.3 is 0 Å². The molecule has 158 valence electrons. The van der Waals surface area contributed by atoms with Crippen molar-refractivity contribution in [2.75, 3.05) is 11.9 Å². The van der Waals surface area contributed by atoms with Gasteiger partial charge in [0.25, 0.3) is 5.91 Å². The van der Waals surface area contributed by atoms with Gasteiger partial charge in [-0.15, -0.1) is 6.58 Å². The molecule has 2 heterocycles. The number of carbonyl (C=O) groups excluding carboxylic acids is 1. The minimum atomic E-state index is -4.12. The molecule has 2 atom stereocenters. The van der Waals surface area contributed by atoms with Crippen LogP contribution in [0.3, 0.4) is 0 Å². The van der Waals surface area contributed by atoms with E-state index < -0.39 is 27.6 Å². The number of amides is 1. The lowest BCUT2D eigenvalue weighted by molar-refractivity contribution is 0.0822. The Morgan fingerprint density at radius 1 is 1.53 bits per heavy atom. The number of nitrogens with zero attached hydrogens (tertiary/aromatic N) is 2. The molecular weight excluding hydrogens is 408 g/mol. The second-order valence-corrected chi connectivity index (χ2v) is 8.84. The molecule has 1 amide bonds. The van der Waals surface area contributed by atoms with Gasteiger partial charge in [0.05, 0.1) is 17.7 Å². The summed E-state index contributed by atoms with van der Waals surface area (Å²) in [4.78, 5) is 12.7. The summed E-state index contributed by atoms with van der Waals surface area (Å²) in [6, 6.07) is 6.92. The summed E-state index contributed by atoms with van der Waals surface area (Å²) in [6.45, 7) is 6.55. The second-order valence-electron chi connectivity index (χ2n) is 7.19. The summed E-state index contributed by atoms with van der Waals surface area (Å²) in [5.41, 5.74) is 0.100. The number of ether oxygens (including phenoxy) is 1. The Morgan fingerprint density at radius 3 is 2.83 bits per heavy atom. The van der Waals surface area contributed by atoms with E-state index in [2.05, 4.69) is 16.6 Å². The maximum absolute atomic E-state index is 13.0. The zero-order valence-corrected chi connectivity index (χ0v) is 17.6. The van der Waals surface area contributed by atoms with E-state index in [-0.39, 0.29) is 22.9 Å². The van der Waals surface area contributed by atoms with E-state index in [1.165, 1.54) is 36.9 Å². The van der Waals surface area contributed by atoms with E-state index >= 15 is 0 Å². The Labute approximate surface area is 174 Å². The quantitative estimate of drug-likeness (QED) is 0.629. The second kappa shape index (κ2) is 7.60. The molecule has 10 heteroatoms. The molecule has 30 heavy (non-hydrogen) atoms. The number of hydrogen-bond donors (Lipinski definition) is 3. The third-order valence-electron chi connectivity index (χ3n) is 5.11. The van der Waals surface area contributed by atoms with Crippen LogP contribution in [0.25, 0.3) is 0 Å². The summed E-state index contributed by atoms with van der Waals surface area (Å²) in [5, 5.41) is 22.0. The highest BCUT2D eigenvalue weighted by Gasteiger charge is 2.44. The number of carbonyl (C=O) groups is 1. The lowest BCUT2D eigenvalue weighted by Gasteiger charge is -2.31. The number of nitrogens with one attached hydrogen (secondary N) is 2. The summed E-state index contributed by atoms with van der Waals surface area (Å²) in [5.74, 6) is -0.732. The molecule has 0 saturated heterocycles. The molecule has 1 aliphatic rings. The average molecular weight is 430 g/mol. The zero-order chi connectivity index (χ0) is 22.3. The fourth-order valence-corrected chi connectivity index (χ4v) is 4.80. The van der Waals surface area contributed by atoms with Gasteiger partial charge in [0.2, 0.25) is 10.0 Å². The van der Waals surface area contributed by atoms with Crippen molar-refractivity contribution in [1.29, 1.82) is 5.26 Å². The van der Waals surface area contributed by atoms with Crippen molar-refractivity contribution in [2.24, 2.45) is 7.05 Å². The summed E-state index contributed by atoms with van der Waals surface area (Å²) in [7, 11) is -2.60.